The molecule has 5 heteroatoms. The minimum atomic E-state index is -0.0918. The van der Waals surface area contributed by atoms with Gasteiger partial charge in [-0.3, -0.25) is 9.36 Å². The Bertz CT molecular complexity index is 710. The SMILES string of the molecule is Cn1nccc1C(N)Cc1nn(C)c2ccccc12. The van der Waals surface area contributed by atoms with Crippen molar-refractivity contribution < 1.29 is 0 Å². The van der Waals surface area contributed by atoms with Crippen LogP contribution in [0.4, 0.5) is 0 Å². The summed E-state index contributed by atoms with van der Waals surface area (Å²) < 4.78 is 3.72. The van der Waals surface area contributed by atoms with Gasteiger partial charge in [0.05, 0.1) is 22.9 Å². The van der Waals surface area contributed by atoms with Crippen molar-refractivity contribution in [3.8, 4) is 0 Å². The van der Waals surface area contributed by atoms with Crippen molar-refractivity contribution in [3.05, 3.63) is 47.9 Å². The molecule has 1 atom stereocenters. The first-order valence-corrected chi connectivity index (χ1v) is 6.31. The van der Waals surface area contributed by atoms with Crippen LogP contribution >= 0.6 is 0 Å². The van der Waals surface area contributed by atoms with Gasteiger partial charge in [0.25, 0.3) is 0 Å². The third-order valence-corrected chi connectivity index (χ3v) is 3.49. The molecule has 2 aromatic heterocycles. The molecule has 3 rings (SSSR count). The number of hydrogen-bond acceptors (Lipinski definition) is 3. The number of benzene rings is 1. The number of fused-ring (bicyclic) bond motifs is 1. The molecule has 0 radical (unpaired) electrons. The van der Waals surface area contributed by atoms with Crippen molar-refractivity contribution in [2.45, 2.75) is 12.5 Å². The Morgan fingerprint density at radius 2 is 1.95 bits per heavy atom. The second kappa shape index (κ2) is 4.51. The Labute approximate surface area is 111 Å². The minimum Gasteiger partial charge on any atom is -0.322 e. The molecule has 0 amide bonds. The lowest BCUT2D eigenvalue weighted by Gasteiger charge is -2.10. The van der Waals surface area contributed by atoms with Crippen molar-refractivity contribution in [1.82, 2.24) is 19.6 Å². The Morgan fingerprint density at radius 1 is 1.16 bits per heavy atom. The van der Waals surface area contributed by atoms with Crippen LogP contribution in [-0.4, -0.2) is 19.6 Å². The molecule has 0 saturated carbocycles. The summed E-state index contributed by atoms with van der Waals surface area (Å²) in [5, 5.41) is 9.90. The number of hydrogen-bond donors (Lipinski definition) is 1. The molecule has 19 heavy (non-hydrogen) atoms. The maximum Gasteiger partial charge on any atom is 0.0722 e. The molecule has 0 aliphatic heterocycles. The zero-order valence-corrected chi connectivity index (χ0v) is 11.1. The first-order chi connectivity index (χ1) is 9.16. The topological polar surface area (TPSA) is 61.7 Å². The number of aryl methyl sites for hydroxylation is 2. The van der Waals surface area contributed by atoms with Gasteiger partial charge in [0, 0.05) is 32.1 Å². The smallest absolute Gasteiger partial charge is 0.0722 e. The van der Waals surface area contributed by atoms with E-state index in [2.05, 4.69) is 22.3 Å². The maximum absolute atomic E-state index is 6.26. The predicted octanol–water partition coefficient (Wildman–Crippen LogP) is 1.55. The lowest BCUT2D eigenvalue weighted by Crippen LogP contribution is -2.17. The van der Waals surface area contributed by atoms with Crippen LogP contribution in [0.15, 0.2) is 36.5 Å². The van der Waals surface area contributed by atoms with Crippen molar-refractivity contribution in [2.75, 3.05) is 0 Å². The first-order valence-electron chi connectivity index (χ1n) is 6.31. The van der Waals surface area contributed by atoms with Gasteiger partial charge >= 0.3 is 0 Å². The zero-order chi connectivity index (χ0) is 13.4. The predicted molar refractivity (Wildman–Crippen MR) is 74.6 cm³/mol. The van der Waals surface area contributed by atoms with E-state index < -0.39 is 0 Å². The van der Waals surface area contributed by atoms with Gasteiger partial charge in [-0.1, -0.05) is 18.2 Å². The molecule has 0 aliphatic carbocycles. The van der Waals surface area contributed by atoms with Gasteiger partial charge in [-0.05, 0) is 12.1 Å². The number of rotatable bonds is 3. The fraction of sp³-hybridized carbons (Fsp3) is 0.286. The number of nitrogens with two attached hydrogens (primary N) is 1. The molecule has 1 unspecified atom stereocenters. The molecule has 0 saturated heterocycles. The summed E-state index contributed by atoms with van der Waals surface area (Å²) in [6.07, 6.45) is 2.48. The van der Waals surface area contributed by atoms with E-state index in [0.717, 1.165) is 16.9 Å². The van der Waals surface area contributed by atoms with E-state index in [9.17, 15) is 0 Å². The lowest BCUT2D eigenvalue weighted by molar-refractivity contribution is 0.606. The fourth-order valence-electron chi connectivity index (χ4n) is 2.50. The first kappa shape index (κ1) is 11.9. The molecule has 0 fully saturated rings. The second-order valence-corrected chi connectivity index (χ2v) is 4.78. The Morgan fingerprint density at radius 3 is 2.68 bits per heavy atom. The van der Waals surface area contributed by atoms with Gasteiger partial charge in [0.1, 0.15) is 0 Å². The van der Waals surface area contributed by atoms with Gasteiger partial charge in [-0.2, -0.15) is 10.2 Å². The highest BCUT2D eigenvalue weighted by atomic mass is 15.3. The van der Waals surface area contributed by atoms with Crippen LogP contribution in [0.25, 0.3) is 10.9 Å². The average molecular weight is 255 g/mol. The van der Waals surface area contributed by atoms with E-state index in [1.54, 1.807) is 6.20 Å². The van der Waals surface area contributed by atoms with Crippen LogP contribution in [0.2, 0.25) is 0 Å². The molecule has 1 aromatic carbocycles. The summed E-state index contributed by atoms with van der Waals surface area (Å²) in [5.41, 5.74) is 9.45. The number of para-hydroxylation sites is 1. The molecule has 2 heterocycles. The van der Waals surface area contributed by atoms with Crippen LogP contribution in [0.3, 0.4) is 0 Å². The molecule has 0 aliphatic rings. The zero-order valence-electron chi connectivity index (χ0n) is 11.1. The van der Waals surface area contributed by atoms with Crippen LogP contribution in [-0.2, 0) is 20.5 Å². The van der Waals surface area contributed by atoms with Crippen molar-refractivity contribution >= 4 is 10.9 Å². The molecular weight excluding hydrogens is 238 g/mol. The van der Waals surface area contributed by atoms with E-state index in [1.807, 2.05) is 41.7 Å². The average Bonchev–Trinajstić information content (AvgIpc) is 2.95. The van der Waals surface area contributed by atoms with E-state index in [1.165, 1.54) is 5.39 Å². The van der Waals surface area contributed by atoms with Gasteiger partial charge in [-0.15, -0.1) is 0 Å². The monoisotopic (exact) mass is 255 g/mol. The Hall–Kier alpha value is -2.14. The van der Waals surface area contributed by atoms with Gasteiger partial charge in [0.2, 0.25) is 0 Å². The molecule has 2 N–H and O–H groups in total. The highest BCUT2D eigenvalue weighted by Gasteiger charge is 2.15. The summed E-state index contributed by atoms with van der Waals surface area (Å²) >= 11 is 0. The quantitative estimate of drug-likeness (QED) is 0.772. The van der Waals surface area contributed by atoms with Crippen LogP contribution < -0.4 is 5.73 Å². The van der Waals surface area contributed by atoms with Gasteiger partial charge in [-0.25, -0.2) is 0 Å². The fourth-order valence-corrected chi connectivity index (χ4v) is 2.50. The van der Waals surface area contributed by atoms with Crippen LogP contribution in [0, 0.1) is 0 Å². The van der Waals surface area contributed by atoms with E-state index in [0.29, 0.717) is 6.42 Å². The molecule has 5 nitrogen and oxygen atoms in total. The molecular formula is C14H17N5. The second-order valence-electron chi connectivity index (χ2n) is 4.78. The summed E-state index contributed by atoms with van der Waals surface area (Å²) in [7, 11) is 3.87. The van der Waals surface area contributed by atoms with Crippen molar-refractivity contribution in [3.63, 3.8) is 0 Å². The summed E-state index contributed by atoms with van der Waals surface area (Å²) in [6.45, 7) is 0. The summed E-state index contributed by atoms with van der Waals surface area (Å²) in [5.74, 6) is 0. The van der Waals surface area contributed by atoms with E-state index in [-0.39, 0.29) is 6.04 Å². The standard InChI is InChI=1S/C14H17N5/c1-18-14(7-8-16-18)11(15)9-12-10-5-3-4-6-13(10)19(2)17-12/h3-8,11H,9,15H2,1-2H3. The summed E-state index contributed by atoms with van der Waals surface area (Å²) in [6, 6.07) is 10.1. The molecule has 0 bridgehead atoms. The van der Waals surface area contributed by atoms with Crippen LogP contribution in [0.1, 0.15) is 17.4 Å². The normalized spacial score (nSPS) is 13.0. The highest BCUT2D eigenvalue weighted by Crippen LogP contribution is 2.22. The van der Waals surface area contributed by atoms with Gasteiger partial charge in [0.15, 0.2) is 0 Å². The van der Waals surface area contributed by atoms with Crippen molar-refractivity contribution in [1.29, 1.82) is 0 Å². The van der Waals surface area contributed by atoms with Crippen molar-refractivity contribution in [2.24, 2.45) is 19.8 Å². The largest absolute Gasteiger partial charge is 0.322 e. The van der Waals surface area contributed by atoms with Gasteiger partial charge < -0.3 is 5.73 Å². The summed E-state index contributed by atoms with van der Waals surface area (Å²) in [4.78, 5) is 0. The highest BCUT2D eigenvalue weighted by molar-refractivity contribution is 5.81. The third kappa shape index (κ3) is 2.02. The molecule has 3 aromatic rings. The van der Waals surface area contributed by atoms with E-state index in [4.69, 9.17) is 5.73 Å². The Balaban J connectivity index is 1.96. The van der Waals surface area contributed by atoms with E-state index >= 15 is 0 Å². The van der Waals surface area contributed by atoms with Crippen LogP contribution in [0.5, 0.6) is 0 Å². The number of aromatic nitrogens is 4. The third-order valence-electron chi connectivity index (χ3n) is 3.49. The lowest BCUT2D eigenvalue weighted by atomic mass is 10.1. The molecule has 0 spiro atoms. The number of nitrogens with zero attached hydrogens (tertiary/aromatic N) is 4. The Kier molecular flexibility index (Phi) is 2.83. The maximum atomic E-state index is 6.26. The molecule has 98 valence electrons. The minimum absolute atomic E-state index is 0.0918.